The van der Waals surface area contributed by atoms with Gasteiger partial charge in [-0.15, -0.1) is 0 Å². The SMILES string of the molecule is N#CC(C#N)=CNc1cc(F)c([N+](=O)[O-])cc1[N+](=O)[O-]. The molecule has 9 nitrogen and oxygen atoms in total. The second-order valence-electron chi connectivity index (χ2n) is 3.26. The standard InChI is InChI=1S/C10H4FN5O4/c11-7-1-8(14-5-6(3-12)4-13)10(16(19)20)2-9(7)15(17)18/h1-2,5,14H. The quantitative estimate of drug-likeness (QED) is 0.502. The summed E-state index contributed by atoms with van der Waals surface area (Å²) in [7, 11) is 0. The van der Waals surface area contributed by atoms with Crippen molar-refractivity contribution in [3.8, 4) is 12.1 Å². The monoisotopic (exact) mass is 277 g/mol. The molecule has 0 saturated heterocycles. The molecule has 10 heteroatoms. The first-order valence-corrected chi connectivity index (χ1v) is 4.80. The van der Waals surface area contributed by atoms with Crippen molar-refractivity contribution in [3.63, 3.8) is 0 Å². The van der Waals surface area contributed by atoms with Crippen molar-refractivity contribution in [2.45, 2.75) is 0 Å². The van der Waals surface area contributed by atoms with Crippen LogP contribution in [0.4, 0.5) is 21.5 Å². The van der Waals surface area contributed by atoms with Gasteiger partial charge in [-0.25, -0.2) is 0 Å². The molecular weight excluding hydrogens is 273 g/mol. The molecule has 0 radical (unpaired) electrons. The summed E-state index contributed by atoms with van der Waals surface area (Å²) in [6.07, 6.45) is 0.827. The van der Waals surface area contributed by atoms with Crippen LogP contribution in [0.1, 0.15) is 0 Å². The molecule has 0 unspecified atom stereocenters. The van der Waals surface area contributed by atoms with Crippen LogP contribution in [0.15, 0.2) is 23.9 Å². The Morgan fingerprint density at radius 2 is 1.75 bits per heavy atom. The number of nitriles is 2. The van der Waals surface area contributed by atoms with Gasteiger partial charge in [0.05, 0.1) is 15.9 Å². The van der Waals surface area contributed by atoms with Crippen LogP contribution in [0.25, 0.3) is 0 Å². The average molecular weight is 277 g/mol. The number of nitro benzene ring substituents is 2. The van der Waals surface area contributed by atoms with Crippen molar-refractivity contribution in [1.82, 2.24) is 0 Å². The van der Waals surface area contributed by atoms with Crippen LogP contribution in [0, 0.1) is 48.7 Å². The summed E-state index contributed by atoms with van der Waals surface area (Å²) >= 11 is 0. The highest BCUT2D eigenvalue weighted by molar-refractivity contribution is 5.67. The number of nitrogens with one attached hydrogen (secondary N) is 1. The lowest BCUT2D eigenvalue weighted by molar-refractivity contribution is -0.395. The Morgan fingerprint density at radius 1 is 1.20 bits per heavy atom. The van der Waals surface area contributed by atoms with Gasteiger partial charge >= 0.3 is 5.69 Å². The minimum absolute atomic E-state index is 0.405. The predicted molar refractivity (Wildman–Crippen MR) is 62.6 cm³/mol. The Bertz CT molecular complexity index is 685. The van der Waals surface area contributed by atoms with Crippen molar-refractivity contribution in [1.29, 1.82) is 10.5 Å². The normalized spacial score (nSPS) is 8.95. The van der Waals surface area contributed by atoms with Gasteiger partial charge in [0.15, 0.2) is 0 Å². The third-order valence-electron chi connectivity index (χ3n) is 2.07. The van der Waals surface area contributed by atoms with Crippen molar-refractivity contribution < 1.29 is 14.2 Å². The predicted octanol–water partition coefficient (Wildman–Crippen LogP) is 1.99. The maximum absolute atomic E-state index is 13.4. The number of hydrogen-bond donors (Lipinski definition) is 1. The molecule has 1 aromatic carbocycles. The summed E-state index contributed by atoms with van der Waals surface area (Å²) in [6.45, 7) is 0. The van der Waals surface area contributed by atoms with Gasteiger partial charge in [0.25, 0.3) is 5.69 Å². The van der Waals surface area contributed by atoms with Crippen LogP contribution in [0.5, 0.6) is 0 Å². The third kappa shape index (κ3) is 3.02. The topological polar surface area (TPSA) is 146 Å². The number of hydrogen-bond acceptors (Lipinski definition) is 7. The lowest BCUT2D eigenvalue weighted by Crippen LogP contribution is -2.01. The van der Waals surface area contributed by atoms with E-state index in [1.807, 2.05) is 0 Å². The van der Waals surface area contributed by atoms with E-state index in [2.05, 4.69) is 5.32 Å². The van der Waals surface area contributed by atoms with Gasteiger partial charge in [-0.3, -0.25) is 20.2 Å². The summed E-state index contributed by atoms with van der Waals surface area (Å²) in [6, 6.07) is 3.95. The van der Waals surface area contributed by atoms with Gasteiger partial charge in [-0.05, 0) is 0 Å². The summed E-state index contributed by atoms with van der Waals surface area (Å²) in [5.74, 6) is -1.29. The summed E-state index contributed by atoms with van der Waals surface area (Å²) < 4.78 is 13.4. The smallest absolute Gasteiger partial charge is 0.311 e. The van der Waals surface area contributed by atoms with Gasteiger partial charge in [0, 0.05) is 12.3 Å². The summed E-state index contributed by atoms with van der Waals surface area (Å²) in [5, 5.41) is 40.4. The van der Waals surface area contributed by atoms with E-state index >= 15 is 0 Å². The molecule has 0 atom stereocenters. The highest BCUT2D eigenvalue weighted by atomic mass is 19.1. The zero-order chi connectivity index (χ0) is 15.3. The third-order valence-corrected chi connectivity index (χ3v) is 2.07. The Labute approximate surface area is 110 Å². The number of nitrogens with zero attached hydrogens (tertiary/aromatic N) is 4. The van der Waals surface area contributed by atoms with E-state index in [9.17, 15) is 24.6 Å². The number of allylic oxidation sites excluding steroid dienone is 1. The molecule has 0 aromatic heterocycles. The fourth-order valence-electron chi connectivity index (χ4n) is 1.20. The zero-order valence-electron chi connectivity index (χ0n) is 9.53. The minimum atomic E-state index is -1.29. The molecule has 0 fully saturated rings. The van der Waals surface area contributed by atoms with E-state index in [4.69, 9.17) is 10.5 Å². The molecule has 0 spiro atoms. The Hall–Kier alpha value is -3.53. The molecule has 1 rings (SSSR count). The Morgan fingerprint density at radius 3 is 2.20 bits per heavy atom. The molecule has 1 N–H and O–H groups in total. The number of rotatable bonds is 4. The molecule has 100 valence electrons. The zero-order valence-corrected chi connectivity index (χ0v) is 9.53. The van der Waals surface area contributed by atoms with E-state index in [-0.39, 0.29) is 0 Å². The van der Waals surface area contributed by atoms with Crippen molar-refractivity contribution in [3.05, 3.63) is 50.0 Å². The first-order chi connectivity index (χ1) is 9.40. The van der Waals surface area contributed by atoms with Gasteiger partial charge in [0.2, 0.25) is 5.82 Å². The lowest BCUT2D eigenvalue weighted by atomic mass is 10.2. The van der Waals surface area contributed by atoms with Crippen molar-refractivity contribution >= 4 is 17.1 Å². The van der Waals surface area contributed by atoms with Gasteiger partial charge in [-0.1, -0.05) is 0 Å². The molecule has 0 saturated carbocycles. The van der Waals surface area contributed by atoms with E-state index in [0.717, 1.165) is 6.20 Å². The first-order valence-electron chi connectivity index (χ1n) is 4.80. The van der Waals surface area contributed by atoms with Gasteiger partial charge in [-0.2, -0.15) is 14.9 Å². The fourth-order valence-corrected chi connectivity index (χ4v) is 1.20. The molecule has 0 aliphatic rings. The Kier molecular flexibility index (Phi) is 4.27. The molecule has 20 heavy (non-hydrogen) atoms. The number of halogens is 1. The first kappa shape index (κ1) is 14.5. The highest BCUT2D eigenvalue weighted by Crippen LogP contribution is 2.31. The maximum Gasteiger partial charge on any atom is 0.311 e. The van der Waals surface area contributed by atoms with E-state index in [1.165, 1.54) is 12.1 Å². The largest absolute Gasteiger partial charge is 0.354 e. The van der Waals surface area contributed by atoms with E-state index in [0.29, 0.717) is 12.1 Å². The van der Waals surface area contributed by atoms with Gasteiger partial charge in [0.1, 0.15) is 23.4 Å². The lowest BCUT2D eigenvalue weighted by Gasteiger charge is -2.03. The van der Waals surface area contributed by atoms with Crippen LogP contribution in [0.3, 0.4) is 0 Å². The van der Waals surface area contributed by atoms with Crippen LogP contribution in [-0.4, -0.2) is 9.85 Å². The number of benzene rings is 1. The second kappa shape index (κ2) is 5.88. The van der Waals surface area contributed by atoms with Crippen LogP contribution in [0.2, 0.25) is 0 Å². The number of nitro groups is 2. The second-order valence-corrected chi connectivity index (χ2v) is 3.26. The maximum atomic E-state index is 13.4. The Balaban J connectivity index is 3.34. The van der Waals surface area contributed by atoms with Crippen LogP contribution >= 0.6 is 0 Å². The molecule has 0 amide bonds. The summed E-state index contributed by atoms with van der Waals surface area (Å²) in [5.41, 5.74) is -2.63. The van der Waals surface area contributed by atoms with Crippen LogP contribution in [-0.2, 0) is 0 Å². The molecule has 1 aromatic rings. The average Bonchev–Trinajstić information content (AvgIpc) is 2.39. The minimum Gasteiger partial charge on any atom is -0.354 e. The summed E-state index contributed by atoms with van der Waals surface area (Å²) in [4.78, 5) is 19.2. The molecular formula is C10H4FN5O4. The molecule has 0 aliphatic heterocycles. The number of anilines is 1. The van der Waals surface area contributed by atoms with Crippen molar-refractivity contribution in [2.75, 3.05) is 5.32 Å². The van der Waals surface area contributed by atoms with Crippen molar-refractivity contribution in [2.24, 2.45) is 0 Å². The van der Waals surface area contributed by atoms with E-state index in [1.54, 1.807) is 0 Å². The molecule has 0 aliphatic carbocycles. The molecule has 0 heterocycles. The van der Waals surface area contributed by atoms with Gasteiger partial charge < -0.3 is 5.32 Å². The van der Waals surface area contributed by atoms with E-state index < -0.39 is 38.3 Å². The molecule has 0 bridgehead atoms. The fraction of sp³-hybridized carbons (Fsp3) is 0. The highest BCUT2D eigenvalue weighted by Gasteiger charge is 2.24. The van der Waals surface area contributed by atoms with Crippen LogP contribution < -0.4 is 5.32 Å².